The lowest BCUT2D eigenvalue weighted by Crippen LogP contribution is -2.61. The smallest absolute Gasteiger partial charge is 0.360 e. The van der Waals surface area contributed by atoms with Crippen molar-refractivity contribution in [1.82, 2.24) is 14.5 Å². The molecule has 5 aliphatic rings. The predicted molar refractivity (Wildman–Crippen MR) is 114 cm³/mol. The molecular formula is C24H29N3O3. The van der Waals surface area contributed by atoms with Crippen molar-refractivity contribution in [3.8, 4) is 0 Å². The summed E-state index contributed by atoms with van der Waals surface area (Å²) in [6.07, 6.45) is 10.2. The maximum absolute atomic E-state index is 13.0. The zero-order valence-corrected chi connectivity index (χ0v) is 17.3. The lowest BCUT2D eigenvalue weighted by atomic mass is 9.52. The standard InChI is InChI=1S/C24H29N3O3/c28-22-21(23(29)30)25-19-3-1-2-4-20(19)27(22)18-5-7-26(8-6-18)24-12-15-9-16(13-24)11-17(10-15)14-24/h1-4,15-18H,5-14H2,(H,29,30). The summed E-state index contributed by atoms with van der Waals surface area (Å²) in [4.78, 5) is 31.5. The van der Waals surface area contributed by atoms with Crippen LogP contribution in [0.1, 0.15) is 67.9 Å². The minimum atomic E-state index is -1.24. The molecule has 7 rings (SSSR count). The van der Waals surface area contributed by atoms with Gasteiger partial charge in [0.15, 0.2) is 0 Å². The molecule has 1 N–H and O–H groups in total. The first kappa shape index (κ1) is 18.6. The summed E-state index contributed by atoms with van der Waals surface area (Å²) in [5.74, 6) is 1.54. The molecule has 1 saturated heterocycles. The Morgan fingerprint density at radius 2 is 1.60 bits per heavy atom. The molecule has 158 valence electrons. The molecule has 1 aromatic heterocycles. The maximum Gasteiger partial charge on any atom is 0.360 e. The molecule has 2 heterocycles. The number of para-hydroxylation sites is 2. The zero-order valence-electron chi connectivity index (χ0n) is 17.3. The number of aromatic carboxylic acids is 1. The van der Waals surface area contributed by atoms with E-state index in [4.69, 9.17) is 0 Å². The van der Waals surface area contributed by atoms with Gasteiger partial charge in [0.1, 0.15) is 0 Å². The quantitative estimate of drug-likeness (QED) is 0.840. The molecule has 4 bridgehead atoms. The Morgan fingerprint density at radius 1 is 1.00 bits per heavy atom. The first-order chi connectivity index (χ1) is 14.5. The van der Waals surface area contributed by atoms with Gasteiger partial charge in [0, 0.05) is 24.7 Å². The number of carboxylic acid groups (broad SMARTS) is 1. The third kappa shape index (κ3) is 2.76. The lowest BCUT2D eigenvalue weighted by Gasteiger charge is -2.61. The van der Waals surface area contributed by atoms with Crippen molar-refractivity contribution in [2.75, 3.05) is 13.1 Å². The Balaban J connectivity index is 1.30. The highest BCUT2D eigenvalue weighted by atomic mass is 16.4. The second-order valence-corrected chi connectivity index (χ2v) is 10.3. The summed E-state index contributed by atoms with van der Waals surface area (Å²) in [5, 5.41) is 9.50. The van der Waals surface area contributed by atoms with Crippen molar-refractivity contribution in [3.63, 3.8) is 0 Å². The van der Waals surface area contributed by atoms with Crippen molar-refractivity contribution in [2.24, 2.45) is 17.8 Å². The van der Waals surface area contributed by atoms with Crippen LogP contribution in [-0.2, 0) is 0 Å². The molecule has 1 aromatic carbocycles. The van der Waals surface area contributed by atoms with Crippen LogP contribution in [0.5, 0.6) is 0 Å². The molecule has 2 aromatic rings. The molecule has 0 atom stereocenters. The number of likely N-dealkylation sites (tertiary alicyclic amines) is 1. The maximum atomic E-state index is 13.0. The van der Waals surface area contributed by atoms with Crippen LogP contribution in [0.15, 0.2) is 29.1 Å². The summed E-state index contributed by atoms with van der Waals surface area (Å²) >= 11 is 0. The number of nitrogens with zero attached hydrogens (tertiary/aromatic N) is 3. The molecule has 6 nitrogen and oxygen atoms in total. The van der Waals surface area contributed by atoms with Gasteiger partial charge < -0.3 is 9.67 Å². The first-order valence-electron chi connectivity index (χ1n) is 11.5. The van der Waals surface area contributed by atoms with Crippen LogP contribution in [0.3, 0.4) is 0 Å². The fourth-order valence-electron chi connectivity index (χ4n) is 7.71. The number of hydrogen-bond acceptors (Lipinski definition) is 4. The Bertz CT molecular complexity index is 1030. The van der Waals surface area contributed by atoms with E-state index in [1.54, 1.807) is 10.6 Å². The highest BCUT2D eigenvalue weighted by Crippen LogP contribution is 2.58. The average molecular weight is 408 g/mol. The number of piperidine rings is 1. The van der Waals surface area contributed by atoms with Gasteiger partial charge in [-0.3, -0.25) is 9.69 Å². The van der Waals surface area contributed by atoms with Crippen LogP contribution >= 0.6 is 0 Å². The van der Waals surface area contributed by atoms with Gasteiger partial charge in [-0.15, -0.1) is 0 Å². The monoisotopic (exact) mass is 407 g/mol. The van der Waals surface area contributed by atoms with Crippen molar-refractivity contribution in [2.45, 2.75) is 62.9 Å². The predicted octanol–water partition coefficient (Wildman–Crippen LogP) is 3.70. The van der Waals surface area contributed by atoms with E-state index in [-0.39, 0.29) is 11.7 Å². The third-order valence-electron chi connectivity index (χ3n) is 8.50. The van der Waals surface area contributed by atoms with Crippen molar-refractivity contribution >= 4 is 17.0 Å². The van der Waals surface area contributed by atoms with Gasteiger partial charge in [-0.1, -0.05) is 12.1 Å². The molecule has 4 saturated carbocycles. The summed E-state index contributed by atoms with van der Waals surface area (Å²) < 4.78 is 1.73. The first-order valence-corrected chi connectivity index (χ1v) is 11.5. The van der Waals surface area contributed by atoms with Gasteiger partial charge in [0.05, 0.1) is 11.0 Å². The molecule has 30 heavy (non-hydrogen) atoms. The molecule has 5 fully saturated rings. The van der Waals surface area contributed by atoms with E-state index in [0.29, 0.717) is 11.1 Å². The van der Waals surface area contributed by atoms with E-state index in [1.165, 1.54) is 38.5 Å². The van der Waals surface area contributed by atoms with Crippen LogP contribution in [0.2, 0.25) is 0 Å². The second kappa shape index (κ2) is 6.64. The summed E-state index contributed by atoms with van der Waals surface area (Å²) in [6, 6.07) is 7.45. The zero-order chi connectivity index (χ0) is 20.5. The van der Waals surface area contributed by atoms with Gasteiger partial charge in [-0.05, 0) is 81.3 Å². The SMILES string of the molecule is O=C(O)c1nc2ccccc2n(C2CCN(C34CC5CC(CC(C5)C3)C4)CC2)c1=O. The Kier molecular flexibility index (Phi) is 4.11. The van der Waals surface area contributed by atoms with Gasteiger partial charge in [-0.2, -0.15) is 0 Å². The van der Waals surface area contributed by atoms with Crippen molar-refractivity contribution in [1.29, 1.82) is 0 Å². The van der Waals surface area contributed by atoms with E-state index >= 15 is 0 Å². The van der Waals surface area contributed by atoms with Gasteiger partial charge in [0.25, 0.3) is 5.56 Å². The van der Waals surface area contributed by atoms with Gasteiger partial charge in [-0.25, -0.2) is 9.78 Å². The number of benzene rings is 1. The van der Waals surface area contributed by atoms with Gasteiger partial charge in [0.2, 0.25) is 5.69 Å². The average Bonchev–Trinajstić information content (AvgIpc) is 2.72. The molecule has 1 aliphatic heterocycles. The Morgan fingerprint density at radius 3 is 2.20 bits per heavy atom. The Hall–Kier alpha value is -2.21. The minimum absolute atomic E-state index is 0.0358. The number of carboxylic acids is 1. The Labute approximate surface area is 175 Å². The molecule has 0 spiro atoms. The van der Waals surface area contributed by atoms with Crippen LogP contribution in [-0.4, -0.2) is 44.2 Å². The van der Waals surface area contributed by atoms with E-state index < -0.39 is 11.5 Å². The number of fused-ring (bicyclic) bond motifs is 1. The summed E-state index contributed by atoms with van der Waals surface area (Å²) in [7, 11) is 0. The molecule has 6 heteroatoms. The lowest BCUT2D eigenvalue weighted by molar-refractivity contribution is -0.0974. The summed E-state index contributed by atoms with van der Waals surface area (Å²) in [5.41, 5.74) is 0.905. The highest BCUT2D eigenvalue weighted by Gasteiger charge is 2.53. The second-order valence-electron chi connectivity index (χ2n) is 10.3. The minimum Gasteiger partial charge on any atom is -0.476 e. The molecule has 0 radical (unpaired) electrons. The van der Waals surface area contributed by atoms with E-state index in [9.17, 15) is 14.7 Å². The fraction of sp³-hybridized carbons (Fsp3) is 0.625. The van der Waals surface area contributed by atoms with E-state index in [1.807, 2.05) is 18.2 Å². The molecular weight excluding hydrogens is 378 g/mol. The fourth-order valence-corrected chi connectivity index (χ4v) is 7.71. The van der Waals surface area contributed by atoms with E-state index in [2.05, 4.69) is 9.88 Å². The normalized spacial score (nSPS) is 33.9. The van der Waals surface area contributed by atoms with Crippen LogP contribution < -0.4 is 5.56 Å². The van der Waals surface area contributed by atoms with Crippen molar-refractivity contribution in [3.05, 3.63) is 40.3 Å². The number of aromatic nitrogens is 2. The van der Waals surface area contributed by atoms with E-state index in [0.717, 1.165) is 49.2 Å². The third-order valence-corrected chi connectivity index (χ3v) is 8.50. The summed E-state index contributed by atoms with van der Waals surface area (Å²) in [6.45, 7) is 2.00. The van der Waals surface area contributed by atoms with Gasteiger partial charge >= 0.3 is 5.97 Å². The van der Waals surface area contributed by atoms with Crippen LogP contribution in [0.25, 0.3) is 11.0 Å². The van der Waals surface area contributed by atoms with Crippen LogP contribution in [0.4, 0.5) is 0 Å². The molecule has 4 aliphatic carbocycles. The van der Waals surface area contributed by atoms with Crippen LogP contribution in [0, 0.1) is 17.8 Å². The number of rotatable bonds is 3. The molecule has 0 unspecified atom stereocenters. The topological polar surface area (TPSA) is 75.4 Å². The largest absolute Gasteiger partial charge is 0.476 e. The molecule has 0 amide bonds. The number of hydrogen-bond donors (Lipinski definition) is 1. The number of carbonyl (C=O) groups is 1. The van der Waals surface area contributed by atoms with Crippen molar-refractivity contribution < 1.29 is 9.90 Å². The highest BCUT2D eigenvalue weighted by molar-refractivity contribution is 5.88.